The molecule has 0 saturated carbocycles. The van der Waals surface area contributed by atoms with E-state index in [0.717, 1.165) is 27.8 Å². The molecule has 3 rings (SSSR count). The summed E-state index contributed by atoms with van der Waals surface area (Å²) in [6.45, 7) is 3.66. The van der Waals surface area contributed by atoms with E-state index in [0.29, 0.717) is 29.8 Å². The van der Waals surface area contributed by atoms with E-state index in [4.69, 9.17) is 0 Å². The molecule has 0 radical (unpaired) electrons. The van der Waals surface area contributed by atoms with Gasteiger partial charge in [0, 0.05) is 22.4 Å². The van der Waals surface area contributed by atoms with Crippen molar-refractivity contribution in [2.45, 2.75) is 36.9 Å². The summed E-state index contributed by atoms with van der Waals surface area (Å²) in [5, 5.41) is 2.87. The van der Waals surface area contributed by atoms with Gasteiger partial charge in [-0.25, -0.2) is 8.42 Å². The molecule has 1 N–H and O–H groups in total. The number of piperidine rings is 1. The highest BCUT2D eigenvalue weighted by Crippen LogP contribution is 2.28. The summed E-state index contributed by atoms with van der Waals surface area (Å²) in [6.07, 6.45) is 2.09. The van der Waals surface area contributed by atoms with Crippen LogP contribution in [0.4, 0.5) is 0 Å². The van der Waals surface area contributed by atoms with Gasteiger partial charge in [-0.2, -0.15) is 4.31 Å². The van der Waals surface area contributed by atoms with Gasteiger partial charge in [0.25, 0.3) is 10.0 Å². The molecule has 0 atom stereocenters. The van der Waals surface area contributed by atoms with E-state index in [-0.39, 0.29) is 12.3 Å². The van der Waals surface area contributed by atoms with E-state index in [1.807, 2.05) is 24.3 Å². The van der Waals surface area contributed by atoms with Crippen LogP contribution in [0.15, 0.2) is 45.1 Å². The predicted octanol–water partition coefficient (Wildman–Crippen LogP) is 3.79. The van der Waals surface area contributed by atoms with E-state index in [9.17, 15) is 13.2 Å². The SMILES string of the molecule is CC1CCN(S(=O)(=O)c2ccc(CNC(=O)Cc3ccccc3Br)s2)CC1. The Hall–Kier alpha value is -1.22. The molecule has 0 spiro atoms. The first-order valence-corrected chi connectivity index (χ1v) is 12.0. The molecule has 8 heteroatoms. The molecule has 5 nitrogen and oxygen atoms in total. The summed E-state index contributed by atoms with van der Waals surface area (Å²) in [5.41, 5.74) is 0.920. The van der Waals surface area contributed by atoms with Crippen LogP contribution in [0.3, 0.4) is 0 Å². The molecule has 0 bridgehead atoms. The summed E-state index contributed by atoms with van der Waals surface area (Å²) in [5.74, 6) is 0.486. The van der Waals surface area contributed by atoms with Gasteiger partial charge in [-0.15, -0.1) is 11.3 Å². The standard InChI is InChI=1S/C19H23BrN2O3S2/c1-14-8-10-22(11-9-14)27(24,25)19-7-6-16(26-19)13-21-18(23)12-15-4-2-3-5-17(15)20/h2-7,14H,8-13H2,1H3,(H,21,23). The zero-order chi connectivity index (χ0) is 19.4. The van der Waals surface area contributed by atoms with Crippen LogP contribution in [-0.2, 0) is 27.8 Å². The number of thiophene rings is 1. The molecule has 1 aromatic heterocycles. The normalized spacial score (nSPS) is 16.4. The molecule has 1 fully saturated rings. The third-order valence-corrected chi connectivity index (χ3v) is 8.97. The Balaban J connectivity index is 1.58. The summed E-state index contributed by atoms with van der Waals surface area (Å²) >= 11 is 4.67. The number of amides is 1. The van der Waals surface area contributed by atoms with Crippen LogP contribution >= 0.6 is 27.3 Å². The van der Waals surface area contributed by atoms with Crippen molar-refractivity contribution < 1.29 is 13.2 Å². The fourth-order valence-corrected chi connectivity index (χ4v) is 6.35. The Morgan fingerprint density at radius 3 is 2.63 bits per heavy atom. The van der Waals surface area contributed by atoms with Crippen LogP contribution in [0.1, 0.15) is 30.2 Å². The number of hydrogen-bond donors (Lipinski definition) is 1. The van der Waals surface area contributed by atoms with E-state index in [2.05, 4.69) is 28.2 Å². The number of nitrogens with zero attached hydrogens (tertiary/aromatic N) is 1. The van der Waals surface area contributed by atoms with E-state index in [1.54, 1.807) is 16.4 Å². The molecule has 27 heavy (non-hydrogen) atoms. The molecule has 0 aliphatic carbocycles. The zero-order valence-electron chi connectivity index (χ0n) is 15.2. The van der Waals surface area contributed by atoms with E-state index >= 15 is 0 Å². The monoisotopic (exact) mass is 470 g/mol. The molecule has 146 valence electrons. The van der Waals surface area contributed by atoms with E-state index in [1.165, 1.54) is 11.3 Å². The number of benzene rings is 1. The first-order valence-electron chi connectivity index (χ1n) is 8.95. The van der Waals surface area contributed by atoms with Crippen molar-refractivity contribution in [1.29, 1.82) is 0 Å². The minimum absolute atomic E-state index is 0.0928. The zero-order valence-corrected chi connectivity index (χ0v) is 18.4. The van der Waals surface area contributed by atoms with Crippen molar-refractivity contribution in [1.82, 2.24) is 9.62 Å². The third kappa shape index (κ3) is 5.19. The Labute approximate surface area is 173 Å². The maximum atomic E-state index is 12.8. The van der Waals surface area contributed by atoms with Gasteiger partial charge in [0.2, 0.25) is 5.91 Å². The molecule has 0 unspecified atom stereocenters. The molecule has 1 aliphatic heterocycles. The van der Waals surface area contributed by atoms with Crippen LogP contribution in [0, 0.1) is 5.92 Å². The fourth-order valence-electron chi connectivity index (χ4n) is 3.01. The maximum absolute atomic E-state index is 12.8. The topological polar surface area (TPSA) is 66.5 Å². The Morgan fingerprint density at radius 1 is 1.22 bits per heavy atom. The van der Waals surface area contributed by atoms with Crippen LogP contribution in [0.5, 0.6) is 0 Å². The lowest BCUT2D eigenvalue weighted by molar-refractivity contribution is -0.120. The average Bonchev–Trinajstić information content (AvgIpc) is 3.12. The lowest BCUT2D eigenvalue weighted by atomic mass is 10.0. The number of carbonyl (C=O) groups is 1. The van der Waals surface area contributed by atoms with E-state index < -0.39 is 10.0 Å². The average molecular weight is 471 g/mol. The summed E-state index contributed by atoms with van der Waals surface area (Å²) in [6, 6.07) is 11.0. The highest BCUT2D eigenvalue weighted by Gasteiger charge is 2.29. The second-order valence-electron chi connectivity index (χ2n) is 6.85. The van der Waals surface area contributed by atoms with Gasteiger partial charge in [0.15, 0.2) is 0 Å². The molecular formula is C19H23BrN2O3S2. The van der Waals surface area contributed by atoms with Crippen LogP contribution in [-0.4, -0.2) is 31.7 Å². The van der Waals surface area contributed by atoms with Gasteiger partial charge in [-0.05, 0) is 42.5 Å². The van der Waals surface area contributed by atoms with Gasteiger partial charge in [-0.3, -0.25) is 4.79 Å². The number of halogens is 1. The summed E-state index contributed by atoms with van der Waals surface area (Å²) in [7, 11) is -3.42. The first kappa shape index (κ1) is 20.5. The smallest absolute Gasteiger partial charge is 0.252 e. The number of carbonyl (C=O) groups excluding carboxylic acids is 1. The van der Waals surface area contributed by atoms with Crippen molar-refractivity contribution in [3.8, 4) is 0 Å². The molecule has 1 aliphatic rings. The highest BCUT2D eigenvalue weighted by molar-refractivity contribution is 9.10. The Kier molecular flexibility index (Phi) is 6.73. The Morgan fingerprint density at radius 2 is 1.93 bits per heavy atom. The summed E-state index contributed by atoms with van der Waals surface area (Å²) < 4.78 is 28.4. The quantitative estimate of drug-likeness (QED) is 0.697. The van der Waals surface area contributed by atoms with Crippen molar-refractivity contribution >= 4 is 43.2 Å². The molecule has 1 saturated heterocycles. The second-order valence-corrected chi connectivity index (χ2v) is 11.0. The molecule has 2 aromatic rings. The van der Waals surface area contributed by atoms with Gasteiger partial charge < -0.3 is 5.32 Å². The lowest BCUT2D eigenvalue weighted by Crippen LogP contribution is -2.37. The maximum Gasteiger partial charge on any atom is 0.252 e. The van der Waals surface area contributed by atoms with Crippen LogP contribution < -0.4 is 5.32 Å². The predicted molar refractivity (Wildman–Crippen MR) is 111 cm³/mol. The highest BCUT2D eigenvalue weighted by atomic mass is 79.9. The number of hydrogen-bond acceptors (Lipinski definition) is 4. The van der Waals surface area contributed by atoms with Crippen LogP contribution in [0.25, 0.3) is 0 Å². The van der Waals surface area contributed by atoms with Gasteiger partial charge >= 0.3 is 0 Å². The van der Waals surface area contributed by atoms with Crippen LogP contribution in [0.2, 0.25) is 0 Å². The second kappa shape index (κ2) is 8.86. The fraction of sp³-hybridized carbons (Fsp3) is 0.421. The van der Waals surface area contributed by atoms with Gasteiger partial charge in [0.05, 0.1) is 13.0 Å². The molecule has 1 aromatic carbocycles. The van der Waals surface area contributed by atoms with Gasteiger partial charge in [0.1, 0.15) is 4.21 Å². The third-order valence-electron chi connectivity index (χ3n) is 4.74. The summed E-state index contributed by atoms with van der Waals surface area (Å²) in [4.78, 5) is 13.0. The van der Waals surface area contributed by atoms with Gasteiger partial charge in [-0.1, -0.05) is 41.1 Å². The number of sulfonamides is 1. The van der Waals surface area contributed by atoms with Crippen molar-refractivity contribution in [2.24, 2.45) is 5.92 Å². The number of nitrogens with one attached hydrogen (secondary N) is 1. The van der Waals surface area contributed by atoms with Crippen molar-refractivity contribution in [3.05, 3.63) is 51.3 Å². The number of rotatable bonds is 6. The molecule has 1 amide bonds. The minimum Gasteiger partial charge on any atom is -0.351 e. The van der Waals surface area contributed by atoms with Crippen molar-refractivity contribution in [3.63, 3.8) is 0 Å². The Bertz CT molecular complexity index is 903. The molecule has 2 heterocycles. The first-order chi connectivity index (χ1) is 12.9. The lowest BCUT2D eigenvalue weighted by Gasteiger charge is -2.28. The largest absolute Gasteiger partial charge is 0.351 e. The van der Waals surface area contributed by atoms with Crippen molar-refractivity contribution in [2.75, 3.05) is 13.1 Å². The minimum atomic E-state index is -3.42. The molecular weight excluding hydrogens is 448 g/mol.